The van der Waals surface area contributed by atoms with Gasteiger partial charge in [0.1, 0.15) is 0 Å². The van der Waals surface area contributed by atoms with Gasteiger partial charge in [-0.1, -0.05) is 30.3 Å². The van der Waals surface area contributed by atoms with Crippen molar-refractivity contribution in [1.82, 2.24) is 0 Å². The van der Waals surface area contributed by atoms with Gasteiger partial charge in [-0.3, -0.25) is 4.79 Å². The fourth-order valence-electron chi connectivity index (χ4n) is 2.49. The zero-order chi connectivity index (χ0) is 14.0. The number of anilines is 1. The third-order valence-electron chi connectivity index (χ3n) is 3.48. The Bertz CT molecular complexity index is 643. The molecule has 0 aromatic heterocycles. The highest BCUT2D eigenvalue weighted by Crippen LogP contribution is 2.31. The van der Waals surface area contributed by atoms with E-state index in [-0.39, 0.29) is 5.91 Å². The first-order valence-corrected chi connectivity index (χ1v) is 6.44. The quantitative estimate of drug-likeness (QED) is 0.757. The summed E-state index contributed by atoms with van der Waals surface area (Å²) in [5.74, 6) is 0.0395. The minimum absolute atomic E-state index is 0.0395. The van der Waals surface area contributed by atoms with Crippen LogP contribution in [0.2, 0.25) is 0 Å². The molecule has 0 heterocycles. The topological polar surface area (TPSA) is 20.3 Å². The molecule has 0 N–H and O–H groups in total. The SMILES string of the molecule is C=CCN(C(C)=O)c1cc(C)c2ccccc2c1C. The number of fused-ring (bicyclic) bond motifs is 1. The lowest BCUT2D eigenvalue weighted by Gasteiger charge is -2.23. The van der Waals surface area contributed by atoms with E-state index in [9.17, 15) is 4.79 Å². The van der Waals surface area contributed by atoms with Crippen molar-refractivity contribution in [3.05, 3.63) is 54.1 Å². The molecule has 0 unspecified atom stereocenters. The summed E-state index contributed by atoms with van der Waals surface area (Å²) in [6.07, 6.45) is 1.76. The predicted molar refractivity (Wildman–Crippen MR) is 81.6 cm³/mol. The normalized spacial score (nSPS) is 10.5. The Morgan fingerprint density at radius 1 is 1.26 bits per heavy atom. The fraction of sp³-hybridized carbons (Fsp3) is 0.235. The van der Waals surface area contributed by atoms with E-state index >= 15 is 0 Å². The fourth-order valence-corrected chi connectivity index (χ4v) is 2.49. The summed E-state index contributed by atoms with van der Waals surface area (Å²) in [7, 11) is 0. The Hall–Kier alpha value is -2.09. The zero-order valence-corrected chi connectivity index (χ0v) is 11.7. The van der Waals surface area contributed by atoms with Crippen molar-refractivity contribution in [3.63, 3.8) is 0 Å². The van der Waals surface area contributed by atoms with Crippen LogP contribution in [-0.2, 0) is 4.79 Å². The maximum Gasteiger partial charge on any atom is 0.224 e. The van der Waals surface area contributed by atoms with Crippen LogP contribution in [0.5, 0.6) is 0 Å². The summed E-state index contributed by atoms with van der Waals surface area (Å²) in [4.78, 5) is 13.6. The van der Waals surface area contributed by atoms with Crippen molar-refractivity contribution >= 4 is 22.4 Å². The van der Waals surface area contributed by atoms with Crippen molar-refractivity contribution in [2.45, 2.75) is 20.8 Å². The van der Waals surface area contributed by atoms with Gasteiger partial charge in [0.05, 0.1) is 0 Å². The molecule has 19 heavy (non-hydrogen) atoms. The van der Waals surface area contributed by atoms with Gasteiger partial charge in [0.15, 0.2) is 0 Å². The molecule has 0 atom stereocenters. The average molecular weight is 253 g/mol. The van der Waals surface area contributed by atoms with Crippen molar-refractivity contribution in [3.8, 4) is 0 Å². The van der Waals surface area contributed by atoms with E-state index in [1.54, 1.807) is 17.9 Å². The van der Waals surface area contributed by atoms with Gasteiger partial charge in [-0.25, -0.2) is 0 Å². The van der Waals surface area contributed by atoms with Gasteiger partial charge in [0.25, 0.3) is 0 Å². The second-order valence-corrected chi connectivity index (χ2v) is 4.80. The molecule has 2 nitrogen and oxygen atoms in total. The van der Waals surface area contributed by atoms with Crippen LogP contribution in [-0.4, -0.2) is 12.5 Å². The highest BCUT2D eigenvalue weighted by molar-refractivity contribution is 5.99. The highest BCUT2D eigenvalue weighted by atomic mass is 16.2. The molecule has 0 bridgehead atoms. The molecule has 1 amide bonds. The number of hydrogen-bond acceptors (Lipinski definition) is 1. The Morgan fingerprint density at radius 3 is 2.47 bits per heavy atom. The molecule has 0 fully saturated rings. The van der Waals surface area contributed by atoms with E-state index in [1.165, 1.54) is 16.3 Å². The van der Waals surface area contributed by atoms with Gasteiger partial charge in [-0.05, 0) is 41.8 Å². The van der Waals surface area contributed by atoms with Crippen molar-refractivity contribution in [2.24, 2.45) is 0 Å². The van der Waals surface area contributed by atoms with Crippen LogP contribution in [0.15, 0.2) is 43.0 Å². The molecule has 0 saturated heterocycles. The molecule has 0 aliphatic rings. The van der Waals surface area contributed by atoms with Crippen LogP contribution in [0.25, 0.3) is 10.8 Å². The molecular weight excluding hydrogens is 234 g/mol. The molecule has 2 aromatic carbocycles. The molecule has 0 radical (unpaired) electrons. The maximum absolute atomic E-state index is 11.8. The van der Waals surface area contributed by atoms with E-state index in [1.807, 2.05) is 12.1 Å². The van der Waals surface area contributed by atoms with Gasteiger partial charge < -0.3 is 4.90 Å². The van der Waals surface area contributed by atoms with E-state index in [4.69, 9.17) is 0 Å². The number of amides is 1. The minimum Gasteiger partial charge on any atom is -0.309 e. The molecule has 2 heteroatoms. The monoisotopic (exact) mass is 253 g/mol. The van der Waals surface area contributed by atoms with Crippen LogP contribution >= 0.6 is 0 Å². The standard InChI is InChI=1S/C17H19NO/c1-5-10-18(14(4)19)17-11-12(2)15-8-6-7-9-16(15)13(17)3/h5-9,11H,1,10H2,2-4H3. The van der Waals surface area contributed by atoms with Crippen LogP contribution < -0.4 is 4.90 Å². The minimum atomic E-state index is 0.0395. The van der Waals surface area contributed by atoms with Gasteiger partial charge in [-0.2, -0.15) is 0 Å². The summed E-state index contributed by atoms with van der Waals surface area (Å²) in [5.41, 5.74) is 3.30. The van der Waals surface area contributed by atoms with Crippen LogP contribution in [0.1, 0.15) is 18.1 Å². The van der Waals surface area contributed by atoms with Gasteiger partial charge in [-0.15, -0.1) is 6.58 Å². The highest BCUT2D eigenvalue weighted by Gasteiger charge is 2.15. The van der Waals surface area contributed by atoms with Crippen molar-refractivity contribution in [2.75, 3.05) is 11.4 Å². The third-order valence-corrected chi connectivity index (χ3v) is 3.48. The lowest BCUT2D eigenvalue weighted by Crippen LogP contribution is -2.29. The molecule has 2 aromatic rings. The molecule has 0 aliphatic carbocycles. The third kappa shape index (κ3) is 2.39. The second kappa shape index (κ2) is 5.27. The van der Waals surface area contributed by atoms with Crippen LogP contribution in [0.4, 0.5) is 5.69 Å². The van der Waals surface area contributed by atoms with Crippen molar-refractivity contribution < 1.29 is 4.79 Å². The average Bonchev–Trinajstić information content (AvgIpc) is 2.40. The first-order valence-electron chi connectivity index (χ1n) is 6.44. The molecule has 2 rings (SSSR count). The summed E-state index contributed by atoms with van der Waals surface area (Å²) >= 11 is 0. The Labute approximate surface area is 114 Å². The second-order valence-electron chi connectivity index (χ2n) is 4.80. The number of nitrogens with zero attached hydrogens (tertiary/aromatic N) is 1. The first kappa shape index (κ1) is 13.3. The largest absolute Gasteiger partial charge is 0.309 e. The van der Waals surface area contributed by atoms with Gasteiger partial charge in [0.2, 0.25) is 5.91 Å². The summed E-state index contributed by atoms with van der Waals surface area (Å²) < 4.78 is 0. The van der Waals surface area contributed by atoms with E-state index in [2.05, 4.69) is 38.6 Å². The number of aryl methyl sites for hydroxylation is 2. The molecular formula is C17H19NO. The smallest absolute Gasteiger partial charge is 0.224 e. The Morgan fingerprint density at radius 2 is 1.89 bits per heavy atom. The van der Waals surface area contributed by atoms with Crippen LogP contribution in [0, 0.1) is 13.8 Å². The zero-order valence-electron chi connectivity index (χ0n) is 11.7. The summed E-state index contributed by atoms with van der Waals surface area (Å²) in [5, 5.41) is 2.44. The Kier molecular flexibility index (Phi) is 3.70. The van der Waals surface area contributed by atoms with E-state index < -0.39 is 0 Å². The van der Waals surface area contributed by atoms with Crippen molar-refractivity contribution in [1.29, 1.82) is 0 Å². The predicted octanol–water partition coefficient (Wildman–Crippen LogP) is 4.00. The number of benzene rings is 2. The lowest BCUT2D eigenvalue weighted by atomic mass is 9.98. The van der Waals surface area contributed by atoms with Gasteiger partial charge in [0, 0.05) is 19.2 Å². The number of carbonyl (C=O) groups is 1. The van der Waals surface area contributed by atoms with E-state index in [0.717, 1.165) is 11.3 Å². The summed E-state index contributed by atoms with van der Waals surface area (Å²) in [6, 6.07) is 10.4. The molecule has 0 aliphatic heterocycles. The number of hydrogen-bond donors (Lipinski definition) is 0. The molecule has 0 spiro atoms. The first-order chi connectivity index (χ1) is 9.06. The Balaban J connectivity index is 2.70. The summed E-state index contributed by atoms with van der Waals surface area (Å²) in [6.45, 7) is 10.0. The number of carbonyl (C=O) groups excluding carboxylic acids is 1. The molecule has 0 saturated carbocycles. The van der Waals surface area contributed by atoms with Crippen LogP contribution in [0.3, 0.4) is 0 Å². The van der Waals surface area contributed by atoms with Gasteiger partial charge >= 0.3 is 0 Å². The van der Waals surface area contributed by atoms with E-state index in [0.29, 0.717) is 6.54 Å². The number of rotatable bonds is 3. The lowest BCUT2D eigenvalue weighted by molar-refractivity contribution is -0.116. The maximum atomic E-state index is 11.8. The molecule has 98 valence electrons.